The summed E-state index contributed by atoms with van der Waals surface area (Å²) in [5, 5.41) is 14.6. The van der Waals surface area contributed by atoms with Gasteiger partial charge in [-0.25, -0.2) is 0 Å². The average molecular weight is 351 g/mol. The summed E-state index contributed by atoms with van der Waals surface area (Å²) < 4.78 is 7.19. The lowest BCUT2D eigenvalue weighted by molar-refractivity contribution is 0.291. The number of halogens is 2. The smallest absolute Gasteiger partial charge is 0.222 e. The number of ether oxygens (including phenoxy) is 1. The van der Waals surface area contributed by atoms with Gasteiger partial charge in [0.25, 0.3) is 0 Å². The van der Waals surface area contributed by atoms with Gasteiger partial charge in [0.05, 0.1) is 17.1 Å². The number of aromatic hydroxyl groups is 1. The van der Waals surface area contributed by atoms with Gasteiger partial charge in [-0.3, -0.25) is 0 Å². The Morgan fingerprint density at radius 2 is 1.96 bits per heavy atom. The van der Waals surface area contributed by atoms with Crippen LogP contribution in [0, 0.1) is 4.91 Å². The minimum Gasteiger partial charge on any atom is -0.493 e. The summed E-state index contributed by atoms with van der Waals surface area (Å²) in [6.07, 6.45) is 0. The van der Waals surface area contributed by atoms with E-state index >= 15 is 0 Å². The predicted octanol–water partition coefficient (Wildman–Crippen LogP) is 5.13. The lowest BCUT2D eigenvalue weighted by atomic mass is 10.2. The Hall–Kier alpha value is -2.24. The molecule has 3 rings (SSSR count). The van der Waals surface area contributed by atoms with Gasteiger partial charge in [0.2, 0.25) is 5.88 Å². The van der Waals surface area contributed by atoms with Crippen molar-refractivity contribution in [2.24, 2.45) is 5.18 Å². The topological polar surface area (TPSA) is 63.8 Å². The van der Waals surface area contributed by atoms with Crippen molar-refractivity contribution >= 4 is 39.8 Å². The fourth-order valence-corrected chi connectivity index (χ4v) is 2.89. The van der Waals surface area contributed by atoms with E-state index < -0.39 is 0 Å². The minimum atomic E-state index is -0.174. The standard InChI is InChI=1S/C16H12Cl2N2O3/c17-10-5-6-14(12(18)9-10)23-8-7-20-13-4-2-1-3-11(13)15(19-22)16(20)21/h1-6,9,21H,7-8H2. The van der Waals surface area contributed by atoms with Crippen LogP contribution in [0.25, 0.3) is 10.9 Å². The molecular weight excluding hydrogens is 339 g/mol. The molecule has 0 fully saturated rings. The molecule has 2 aromatic carbocycles. The van der Waals surface area contributed by atoms with Crippen LogP contribution in [-0.4, -0.2) is 16.3 Å². The van der Waals surface area contributed by atoms with Gasteiger partial charge >= 0.3 is 0 Å². The normalized spacial score (nSPS) is 10.9. The van der Waals surface area contributed by atoms with E-state index in [1.807, 2.05) is 6.07 Å². The molecule has 5 nitrogen and oxygen atoms in total. The highest BCUT2D eigenvalue weighted by atomic mass is 35.5. The molecule has 0 unspecified atom stereocenters. The van der Waals surface area contributed by atoms with Crippen molar-refractivity contribution in [2.45, 2.75) is 6.54 Å². The molecule has 0 amide bonds. The average Bonchev–Trinajstić information content (AvgIpc) is 2.81. The lowest BCUT2D eigenvalue weighted by Crippen LogP contribution is -2.07. The Morgan fingerprint density at radius 3 is 2.70 bits per heavy atom. The Labute approximate surface area is 142 Å². The molecule has 1 heterocycles. The van der Waals surface area contributed by atoms with Crippen LogP contribution in [0.2, 0.25) is 10.0 Å². The molecule has 1 N–H and O–H groups in total. The lowest BCUT2D eigenvalue weighted by Gasteiger charge is -2.10. The SMILES string of the molecule is O=Nc1c(O)n(CCOc2ccc(Cl)cc2Cl)c2ccccc12. The summed E-state index contributed by atoms with van der Waals surface area (Å²) in [5.74, 6) is 0.327. The number of nitrogens with zero attached hydrogens (tertiary/aromatic N) is 2. The molecule has 0 aliphatic heterocycles. The monoisotopic (exact) mass is 350 g/mol. The maximum absolute atomic E-state index is 10.9. The number of hydrogen-bond donors (Lipinski definition) is 1. The van der Waals surface area contributed by atoms with Crippen molar-refractivity contribution in [1.82, 2.24) is 4.57 Å². The number of para-hydroxylation sites is 1. The van der Waals surface area contributed by atoms with Crippen molar-refractivity contribution in [3.63, 3.8) is 0 Å². The maximum atomic E-state index is 10.9. The Morgan fingerprint density at radius 1 is 1.17 bits per heavy atom. The van der Waals surface area contributed by atoms with Crippen molar-refractivity contribution < 1.29 is 9.84 Å². The van der Waals surface area contributed by atoms with Crippen LogP contribution in [0.4, 0.5) is 5.69 Å². The number of nitroso groups, excluding NO2 is 1. The Balaban J connectivity index is 1.82. The number of aromatic nitrogens is 1. The predicted molar refractivity (Wildman–Crippen MR) is 91.0 cm³/mol. The summed E-state index contributed by atoms with van der Waals surface area (Å²) in [4.78, 5) is 10.9. The second-order valence-corrected chi connectivity index (χ2v) is 5.70. The summed E-state index contributed by atoms with van der Waals surface area (Å²) in [6, 6.07) is 12.1. The van der Waals surface area contributed by atoms with Crippen molar-refractivity contribution in [3.05, 3.63) is 57.4 Å². The highest BCUT2D eigenvalue weighted by Gasteiger charge is 2.16. The van der Waals surface area contributed by atoms with E-state index in [1.165, 1.54) is 0 Å². The summed E-state index contributed by atoms with van der Waals surface area (Å²) in [5.41, 5.74) is 0.746. The van der Waals surface area contributed by atoms with Crippen LogP contribution < -0.4 is 4.74 Å². The summed E-state index contributed by atoms with van der Waals surface area (Å²) >= 11 is 11.9. The molecule has 0 radical (unpaired) electrons. The highest BCUT2D eigenvalue weighted by molar-refractivity contribution is 6.35. The van der Waals surface area contributed by atoms with Gasteiger partial charge in [-0.05, 0) is 29.4 Å². The zero-order valence-electron chi connectivity index (χ0n) is 11.9. The second-order valence-electron chi connectivity index (χ2n) is 4.86. The molecule has 7 heteroatoms. The third-order valence-electron chi connectivity index (χ3n) is 3.48. The van der Waals surface area contributed by atoms with Crippen molar-refractivity contribution in [2.75, 3.05) is 6.61 Å². The van der Waals surface area contributed by atoms with Crippen LogP contribution >= 0.6 is 23.2 Å². The second kappa shape index (κ2) is 6.48. The summed E-state index contributed by atoms with van der Waals surface area (Å²) in [7, 11) is 0. The molecule has 3 aromatic rings. The molecule has 1 aromatic heterocycles. The Kier molecular flexibility index (Phi) is 4.41. The van der Waals surface area contributed by atoms with Gasteiger partial charge in [0.15, 0.2) is 5.69 Å². The van der Waals surface area contributed by atoms with Crippen LogP contribution in [0.3, 0.4) is 0 Å². The Bertz CT molecular complexity index is 877. The van der Waals surface area contributed by atoms with Gasteiger partial charge in [0, 0.05) is 10.4 Å². The van der Waals surface area contributed by atoms with E-state index in [-0.39, 0.29) is 18.2 Å². The number of benzene rings is 2. The van der Waals surface area contributed by atoms with Gasteiger partial charge in [-0.15, -0.1) is 4.91 Å². The first-order valence-electron chi connectivity index (χ1n) is 6.83. The molecule has 0 saturated carbocycles. The molecule has 23 heavy (non-hydrogen) atoms. The van der Waals surface area contributed by atoms with Crippen molar-refractivity contribution in [1.29, 1.82) is 0 Å². The summed E-state index contributed by atoms with van der Waals surface area (Å²) in [6.45, 7) is 0.590. The largest absolute Gasteiger partial charge is 0.493 e. The van der Waals surface area contributed by atoms with E-state index in [4.69, 9.17) is 27.9 Å². The first-order chi connectivity index (χ1) is 11.1. The number of rotatable bonds is 5. The minimum absolute atomic E-state index is 0.0325. The molecule has 0 spiro atoms. The third-order valence-corrected chi connectivity index (χ3v) is 4.01. The van der Waals surface area contributed by atoms with E-state index in [0.29, 0.717) is 33.2 Å². The van der Waals surface area contributed by atoms with Crippen LogP contribution in [-0.2, 0) is 6.54 Å². The van der Waals surface area contributed by atoms with Crippen LogP contribution in [0.5, 0.6) is 11.6 Å². The molecule has 0 aliphatic rings. The third kappa shape index (κ3) is 2.98. The maximum Gasteiger partial charge on any atom is 0.222 e. The molecule has 0 atom stereocenters. The molecule has 0 bridgehead atoms. The van der Waals surface area contributed by atoms with E-state index in [9.17, 15) is 10.0 Å². The van der Waals surface area contributed by atoms with Crippen LogP contribution in [0.15, 0.2) is 47.6 Å². The zero-order chi connectivity index (χ0) is 16.4. The van der Waals surface area contributed by atoms with Crippen LogP contribution in [0.1, 0.15) is 0 Å². The van der Waals surface area contributed by atoms with E-state index in [1.54, 1.807) is 41.0 Å². The van der Waals surface area contributed by atoms with Gasteiger partial charge in [-0.1, -0.05) is 41.4 Å². The molecule has 0 saturated heterocycles. The van der Waals surface area contributed by atoms with Gasteiger partial charge in [-0.2, -0.15) is 0 Å². The first-order valence-corrected chi connectivity index (χ1v) is 7.59. The zero-order valence-corrected chi connectivity index (χ0v) is 13.4. The fourth-order valence-electron chi connectivity index (χ4n) is 2.43. The first kappa shape index (κ1) is 15.6. The quantitative estimate of drug-likeness (QED) is 0.648. The van der Waals surface area contributed by atoms with Gasteiger partial charge in [0.1, 0.15) is 12.4 Å². The van der Waals surface area contributed by atoms with Gasteiger partial charge < -0.3 is 14.4 Å². The molecular formula is C16H12Cl2N2O3. The number of hydrogen-bond acceptors (Lipinski definition) is 4. The fraction of sp³-hybridized carbons (Fsp3) is 0.125. The van der Waals surface area contributed by atoms with E-state index in [0.717, 1.165) is 0 Å². The van der Waals surface area contributed by atoms with Crippen molar-refractivity contribution in [3.8, 4) is 11.6 Å². The molecule has 0 aliphatic carbocycles. The van der Waals surface area contributed by atoms with E-state index in [2.05, 4.69) is 5.18 Å². The number of fused-ring (bicyclic) bond motifs is 1. The molecule has 118 valence electrons. The highest BCUT2D eigenvalue weighted by Crippen LogP contribution is 2.38.